The number of aryl methyl sites for hydroxylation is 1. The number of carbonyl (C=O) groups is 1. The van der Waals surface area contributed by atoms with Crippen molar-refractivity contribution in [2.75, 3.05) is 25.0 Å². The summed E-state index contributed by atoms with van der Waals surface area (Å²) in [7, 11) is 0. The van der Waals surface area contributed by atoms with E-state index in [9.17, 15) is 4.79 Å². The van der Waals surface area contributed by atoms with Gasteiger partial charge in [-0.2, -0.15) is 0 Å². The quantitative estimate of drug-likeness (QED) is 0.811. The lowest BCUT2D eigenvalue weighted by molar-refractivity contribution is 0.0908. The molecule has 0 aliphatic carbocycles. The Morgan fingerprint density at radius 3 is 2.95 bits per heavy atom. The second-order valence-corrected chi connectivity index (χ2v) is 5.66. The van der Waals surface area contributed by atoms with Crippen LogP contribution in [0.1, 0.15) is 48.5 Å². The first-order valence-electron chi connectivity index (χ1n) is 7.95. The second-order valence-electron chi connectivity index (χ2n) is 5.66. The summed E-state index contributed by atoms with van der Waals surface area (Å²) in [5.74, 6) is -0.00778. The third-order valence-electron chi connectivity index (χ3n) is 3.76. The van der Waals surface area contributed by atoms with Crippen LogP contribution in [0.2, 0.25) is 0 Å². The molecule has 1 aliphatic heterocycles. The highest BCUT2D eigenvalue weighted by Crippen LogP contribution is 2.18. The second kappa shape index (κ2) is 8.03. The number of ether oxygens (including phenoxy) is 1. The molecule has 21 heavy (non-hydrogen) atoms. The Morgan fingerprint density at radius 2 is 2.24 bits per heavy atom. The van der Waals surface area contributed by atoms with E-state index in [0.29, 0.717) is 12.6 Å². The Labute approximate surface area is 127 Å². The maximum Gasteiger partial charge on any atom is 0.253 e. The molecule has 2 N–H and O–H groups in total. The van der Waals surface area contributed by atoms with Crippen molar-refractivity contribution in [3.63, 3.8) is 0 Å². The molecule has 4 heteroatoms. The molecular formula is C17H26N2O2. The van der Waals surface area contributed by atoms with E-state index in [4.69, 9.17) is 4.74 Å². The van der Waals surface area contributed by atoms with Gasteiger partial charge >= 0.3 is 0 Å². The van der Waals surface area contributed by atoms with Gasteiger partial charge in [-0.15, -0.1) is 0 Å². The minimum Gasteiger partial charge on any atom is -0.384 e. The van der Waals surface area contributed by atoms with Crippen molar-refractivity contribution in [3.05, 3.63) is 29.3 Å². The average molecular weight is 290 g/mol. The van der Waals surface area contributed by atoms with Crippen molar-refractivity contribution >= 4 is 11.6 Å². The summed E-state index contributed by atoms with van der Waals surface area (Å²) in [6.07, 6.45) is 4.51. The summed E-state index contributed by atoms with van der Waals surface area (Å²) in [5.41, 5.74) is 2.80. The number of hydrogen-bond donors (Lipinski definition) is 2. The van der Waals surface area contributed by atoms with Gasteiger partial charge in [-0.3, -0.25) is 4.79 Å². The Hall–Kier alpha value is -1.55. The van der Waals surface area contributed by atoms with Crippen LogP contribution in [0.15, 0.2) is 18.2 Å². The Balaban J connectivity index is 1.90. The van der Waals surface area contributed by atoms with Gasteiger partial charge < -0.3 is 15.4 Å². The highest BCUT2D eigenvalue weighted by molar-refractivity contribution is 5.99. The van der Waals surface area contributed by atoms with Crippen LogP contribution >= 0.6 is 0 Å². The smallest absolute Gasteiger partial charge is 0.253 e. The Morgan fingerprint density at radius 1 is 1.38 bits per heavy atom. The van der Waals surface area contributed by atoms with E-state index in [-0.39, 0.29) is 5.91 Å². The van der Waals surface area contributed by atoms with E-state index >= 15 is 0 Å². The molecule has 1 heterocycles. The number of amides is 1. The van der Waals surface area contributed by atoms with Crippen molar-refractivity contribution in [1.29, 1.82) is 0 Å². The van der Waals surface area contributed by atoms with E-state index < -0.39 is 0 Å². The van der Waals surface area contributed by atoms with Gasteiger partial charge in [-0.1, -0.05) is 13.0 Å². The van der Waals surface area contributed by atoms with Gasteiger partial charge in [-0.25, -0.2) is 0 Å². The summed E-state index contributed by atoms with van der Waals surface area (Å²) < 4.78 is 5.57. The molecule has 1 aromatic rings. The topological polar surface area (TPSA) is 50.4 Å². The molecule has 0 spiro atoms. The van der Waals surface area contributed by atoms with E-state index in [2.05, 4.69) is 17.6 Å². The van der Waals surface area contributed by atoms with E-state index in [0.717, 1.165) is 55.6 Å². The first-order chi connectivity index (χ1) is 10.2. The van der Waals surface area contributed by atoms with Gasteiger partial charge in [0, 0.05) is 25.4 Å². The number of nitrogens with one attached hydrogen (secondary N) is 2. The summed E-state index contributed by atoms with van der Waals surface area (Å²) in [4.78, 5) is 12.3. The maximum absolute atomic E-state index is 12.3. The lowest BCUT2D eigenvalue weighted by Crippen LogP contribution is -2.27. The van der Waals surface area contributed by atoms with Gasteiger partial charge in [0.15, 0.2) is 0 Å². The van der Waals surface area contributed by atoms with Gasteiger partial charge in [-0.05, 0) is 50.3 Å². The number of rotatable bonds is 7. The van der Waals surface area contributed by atoms with Crippen molar-refractivity contribution in [2.24, 2.45) is 0 Å². The summed E-state index contributed by atoms with van der Waals surface area (Å²) in [5, 5.41) is 6.33. The largest absolute Gasteiger partial charge is 0.384 e. The van der Waals surface area contributed by atoms with Gasteiger partial charge in [0.05, 0.1) is 11.7 Å². The van der Waals surface area contributed by atoms with E-state index in [1.807, 2.05) is 25.1 Å². The molecule has 0 radical (unpaired) electrons. The molecule has 0 bridgehead atoms. The van der Waals surface area contributed by atoms with Crippen LogP contribution in [0.3, 0.4) is 0 Å². The van der Waals surface area contributed by atoms with Crippen LogP contribution in [-0.2, 0) is 4.74 Å². The number of anilines is 1. The van der Waals surface area contributed by atoms with Crippen molar-refractivity contribution in [2.45, 2.75) is 45.6 Å². The molecule has 1 aromatic carbocycles. The molecule has 116 valence electrons. The van der Waals surface area contributed by atoms with Crippen LogP contribution < -0.4 is 10.6 Å². The zero-order valence-corrected chi connectivity index (χ0v) is 13.1. The molecule has 1 atom stereocenters. The van der Waals surface area contributed by atoms with Gasteiger partial charge in [0.1, 0.15) is 0 Å². The molecule has 1 unspecified atom stereocenters. The summed E-state index contributed by atoms with van der Waals surface area (Å²) in [6, 6.07) is 5.91. The zero-order valence-electron chi connectivity index (χ0n) is 13.1. The molecule has 1 amide bonds. The summed E-state index contributed by atoms with van der Waals surface area (Å²) in [6.45, 7) is 6.56. The predicted molar refractivity (Wildman–Crippen MR) is 85.9 cm³/mol. The molecule has 1 aliphatic rings. The lowest BCUT2D eigenvalue weighted by atomic mass is 10.1. The number of carbonyl (C=O) groups excluding carboxylic acids is 1. The highest BCUT2D eigenvalue weighted by atomic mass is 16.5. The van der Waals surface area contributed by atoms with Crippen LogP contribution in [0, 0.1) is 6.92 Å². The first-order valence-corrected chi connectivity index (χ1v) is 7.95. The molecule has 1 fully saturated rings. The molecular weight excluding hydrogens is 264 g/mol. The number of benzene rings is 1. The molecule has 4 nitrogen and oxygen atoms in total. The summed E-state index contributed by atoms with van der Waals surface area (Å²) >= 11 is 0. The van der Waals surface area contributed by atoms with Crippen LogP contribution in [0.25, 0.3) is 0 Å². The highest BCUT2D eigenvalue weighted by Gasteiger charge is 2.16. The van der Waals surface area contributed by atoms with Crippen LogP contribution in [0.4, 0.5) is 5.69 Å². The standard InChI is InChI=1S/C17H26N2O2/c1-3-9-18-16-12-13(2)6-7-15(16)17(20)19-10-8-14-5-4-11-21-14/h6-7,12,14,18H,3-5,8-11H2,1-2H3,(H,19,20). The van der Waals surface area contributed by atoms with Gasteiger partial charge in [0.2, 0.25) is 0 Å². The van der Waals surface area contributed by atoms with E-state index in [1.165, 1.54) is 0 Å². The average Bonchev–Trinajstić information content (AvgIpc) is 2.98. The first kappa shape index (κ1) is 15.8. The zero-order chi connectivity index (χ0) is 15.1. The van der Waals surface area contributed by atoms with Crippen molar-refractivity contribution < 1.29 is 9.53 Å². The van der Waals surface area contributed by atoms with E-state index in [1.54, 1.807) is 0 Å². The van der Waals surface area contributed by atoms with Gasteiger partial charge in [0.25, 0.3) is 5.91 Å². The monoisotopic (exact) mass is 290 g/mol. The molecule has 0 aromatic heterocycles. The van der Waals surface area contributed by atoms with Crippen molar-refractivity contribution in [3.8, 4) is 0 Å². The Kier molecular flexibility index (Phi) is 6.05. The Bertz CT molecular complexity index is 468. The number of hydrogen-bond acceptors (Lipinski definition) is 3. The normalized spacial score (nSPS) is 17.7. The van der Waals surface area contributed by atoms with Crippen molar-refractivity contribution in [1.82, 2.24) is 5.32 Å². The fourth-order valence-electron chi connectivity index (χ4n) is 2.58. The minimum atomic E-state index is -0.00778. The third kappa shape index (κ3) is 4.74. The minimum absolute atomic E-state index is 0.00778. The predicted octanol–water partition coefficient (Wildman–Crippen LogP) is 3.12. The SMILES string of the molecule is CCCNc1cc(C)ccc1C(=O)NCCC1CCCO1. The van der Waals surface area contributed by atoms with Crippen LogP contribution in [0.5, 0.6) is 0 Å². The molecule has 0 saturated carbocycles. The fraction of sp³-hybridized carbons (Fsp3) is 0.588. The van der Waals surface area contributed by atoms with Crippen LogP contribution in [-0.4, -0.2) is 31.7 Å². The molecule has 2 rings (SSSR count). The maximum atomic E-state index is 12.3. The fourth-order valence-corrected chi connectivity index (χ4v) is 2.58. The molecule has 1 saturated heterocycles. The lowest BCUT2D eigenvalue weighted by Gasteiger charge is -2.14. The third-order valence-corrected chi connectivity index (χ3v) is 3.76.